The van der Waals surface area contributed by atoms with E-state index in [9.17, 15) is 4.57 Å². The lowest BCUT2D eigenvalue weighted by molar-refractivity contribution is 0.235. The molecule has 3 N–H and O–H groups in total. The zero-order valence-corrected chi connectivity index (χ0v) is 12.0. The fourth-order valence-electron chi connectivity index (χ4n) is 1.22. The van der Waals surface area contributed by atoms with Gasteiger partial charge in [0.1, 0.15) is 0 Å². The monoisotopic (exact) mass is 266 g/mol. The first-order valence-corrected chi connectivity index (χ1v) is 6.83. The number of hydrogen-bond donors (Lipinski definition) is 3. The summed E-state index contributed by atoms with van der Waals surface area (Å²) in [6.45, 7) is 8.50. The van der Waals surface area contributed by atoms with Gasteiger partial charge in [0.2, 0.25) is 0 Å². The molecule has 102 valence electrons. The van der Waals surface area contributed by atoms with E-state index >= 15 is 0 Å². The molecule has 0 aromatic carbocycles. The summed E-state index contributed by atoms with van der Waals surface area (Å²) in [5, 5.41) is 11.8. The molecule has 6 nitrogen and oxygen atoms in total. The number of hydrogen-bond acceptors (Lipinski definition) is 4. The summed E-state index contributed by atoms with van der Waals surface area (Å²) in [6, 6.07) is 2.65. The van der Waals surface area contributed by atoms with Gasteiger partial charge in [0, 0.05) is 25.1 Å². The smallest absolute Gasteiger partial charge is 0.310 e. The first-order valence-electron chi connectivity index (χ1n) is 5.30. The molecule has 0 aliphatic heterocycles. The molecule has 0 aromatic heterocycles. The van der Waals surface area contributed by atoms with E-state index in [0.29, 0.717) is 12.5 Å². The van der Waals surface area contributed by atoms with E-state index < -0.39 is 7.82 Å². The molecule has 0 bridgehead atoms. The number of nitrogens with zero attached hydrogens (tertiary/aromatic N) is 1. The third-order valence-electron chi connectivity index (χ3n) is 1.78. The normalized spacial score (nSPS) is 11.7. The Balaban J connectivity index is 0. The van der Waals surface area contributed by atoms with Crippen LogP contribution in [0.4, 0.5) is 0 Å². The molecule has 0 aromatic rings. The number of nitrogens with one attached hydrogen (secondary N) is 1. The highest BCUT2D eigenvalue weighted by molar-refractivity contribution is 7.46. The first-order chi connectivity index (χ1) is 7.54. The summed E-state index contributed by atoms with van der Waals surface area (Å²) >= 11 is 0. The molecule has 0 spiro atoms. The van der Waals surface area contributed by atoms with Gasteiger partial charge in [0.15, 0.2) is 0 Å². The second-order valence-electron chi connectivity index (χ2n) is 4.51. The van der Waals surface area contributed by atoms with Crippen molar-refractivity contribution in [1.29, 1.82) is 5.26 Å². The van der Waals surface area contributed by atoms with Crippen LogP contribution in [0.5, 0.6) is 0 Å². The van der Waals surface area contributed by atoms with Crippen molar-refractivity contribution in [2.75, 3.05) is 7.11 Å². The lowest BCUT2D eigenvalue weighted by Crippen LogP contribution is -2.43. The number of rotatable bonds is 5. The van der Waals surface area contributed by atoms with Crippen molar-refractivity contribution in [3.8, 4) is 6.07 Å². The Labute approximate surface area is 103 Å². The predicted octanol–water partition coefficient (Wildman–Crippen LogP) is 1.79. The summed E-state index contributed by atoms with van der Waals surface area (Å²) in [7, 11) is -3.20. The van der Waals surface area contributed by atoms with E-state index in [0.717, 1.165) is 13.5 Å². The molecule has 0 saturated heterocycles. The van der Waals surface area contributed by atoms with E-state index in [1.165, 1.54) is 0 Å². The maximum atomic E-state index is 9.47. The Kier molecular flexibility index (Phi) is 9.59. The molecule has 0 fully saturated rings. The minimum atomic E-state index is -4.15. The second kappa shape index (κ2) is 8.62. The van der Waals surface area contributed by atoms with Gasteiger partial charge in [-0.05, 0) is 20.3 Å². The molecule has 0 saturated carbocycles. The van der Waals surface area contributed by atoms with Gasteiger partial charge >= 0.3 is 7.82 Å². The largest absolute Gasteiger partial charge is 0.469 e. The van der Waals surface area contributed by atoms with Crippen LogP contribution in [0.25, 0.3) is 0 Å². The van der Waals surface area contributed by atoms with Crippen LogP contribution in [0, 0.1) is 11.3 Å². The van der Waals surface area contributed by atoms with E-state index in [-0.39, 0.29) is 5.54 Å². The van der Waals surface area contributed by atoms with Crippen LogP contribution in [-0.2, 0) is 9.09 Å². The average molecular weight is 266 g/mol. The summed E-state index contributed by atoms with van der Waals surface area (Å²) in [4.78, 5) is 15.4. The summed E-state index contributed by atoms with van der Waals surface area (Å²) in [5.74, 6) is 0. The molecule has 0 atom stereocenters. The summed E-state index contributed by atoms with van der Waals surface area (Å²) in [5.41, 5.74) is 0.101. The Hall–Kier alpha value is -0.440. The van der Waals surface area contributed by atoms with Crippen molar-refractivity contribution in [2.45, 2.75) is 52.1 Å². The van der Waals surface area contributed by atoms with Crippen molar-refractivity contribution in [2.24, 2.45) is 0 Å². The highest BCUT2D eigenvalue weighted by Gasteiger charge is 2.16. The van der Waals surface area contributed by atoms with Crippen molar-refractivity contribution in [3.05, 3.63) is 0 Å². The SMILES string of the molecule is CC(C)NC(C)(C)CCC#N.COP(=O)(O)O. The highest BCUT2D eigenvalue weighted by Crippen LogP contribution is 2.33. The molecule has 0 heterocycles. The molecule has 0 radical (unpaired) electrons. The van der Waals surface area contributed by atoms with Crippen molar-refractivity contribution in [3.63, 3.8) is 0 Å². The quantitative estimate of drug-likeness (QED) is 0.655. The lowest BCUT2D eigenvalue weighted by atomic mass is 9.98. The van der Waals surface area contributed by atoms with Crippen LogP contribution in [0.3, 0.4) is 0 Å². The molecular formula is C10H23N2O4P. The van der Waals surface area contributed by atoms with Crippen LogP contribution in [0.15, 0.2) is 0 Å². The van der Waals surface area contributed by atoms with E-state index in [1.54, 1.807) is 0 Å². The molecular weight excluding hydrogens is 243 g/mol. The number of phosphoric ester groups is 1. The van der Waals surface area contributed by atoms with Gasteiger partial charge in [-0.15, -0.1) is 0 Å². The summed E-state index contributed by atoms with van der Waals surface area (Å²) < 4.78 is 13.1. The topological polar surface area (TPSA) is 103 Å². The first kappa shape index (κ1) is 18.9. The van der Waals surface area contributed by atoms with E-state index in [2.05, 4.69) is 43.6 Å². The predicted molar refractivity (Wildman–Crippen MR) is 66.3 cm³/mol. The van der Waals surface area contributed by atoms with Gasteiger partial charge in [-0.25, -0.2) is 4.57 Å². The fraction of sp³-hybridized carbons (Fsp3) is 0.900. The zero-order chi connectivity index (χ0) is 14.1. The zero-order valence-electron chi connectivity index (χ0n) is 11.1. The molecule has 7 heteroatoms. The van der Waals surface area contributed by atoms with Crippen LogP contribution < -0.4 is 5.32 Å². The molecule has 0 aliphatic rings. The molecule has 17 heavy (non-hydrogen) atoms. The van der Waals surface area contributed by atoms with Gasteiger partial charge in [-0.2, -0.15) is 5.26 Å². The molecule has 0 unspecified atom stereocenters. The molecule has 0 aliphatic carbocycles. The Morgan fingerprint density at radius 2 is 1.88 bits per heavy atom. The van der Waals surface area contributed by atoms with Crippen LogP contribution >= 0.6 is 7.82 Å². The van der Waals surface area contributed by atoms with Gasteiger partial charge in [-0.1, -0.05) is 13.8 Å². The Bertz CT molecular complexity index is 281. The maximum Gasteiger partial charge on any atom is 0.469 e. The van der Waals surface area contributed by atoms with E-state index in [1.807, 2.05) is 0 Å². The minimum Gasteiger partial charge on any atom is -0.310 e. The number of phosphoric acid groups is 1. The Morgan fingerprint density at radius 1 is 1.47 bits per heavy atom. The van der Waals surface area contributed by atoms with Crippen LogP contribution in [0.2, 0.25) is 0 Å². The second-order valence-corrected chi connectivity index (χ2v) is 5.86. The van der Waals surface area contributed by atoms with Crippen LogP contribution in [-0.4, -0.2) is 28.5 Å². The third-order valence-corrected chi connectivity index (χ3v) is 2.25. The van der Waals surface area contributed by atoms with Crippen LogP contribution in [0.1, 0.15) is 40.5 Å². The standard InChI is InChI=1S/C9H18N2.CH5O4P/c1-8(2)11-9(3,4)6-5-7-10;1-5-6(2,3)4/h8,11H,5-6H2,1-4H3;1H3,(H2,2,3,4). The van der Waals surface area contributed by atoms with Gasteiger partial charge in [0.25, 0.3) is 0 Å². The van der Waals surface area contributed by atoms with Gasteiger partial charge in [-0.3, -0.25) is 4.52 Å². The third kappa shape index (κ3) is 18.1. The maximum absolute atomic E-state index is 9.47. The summed E-state index contributed by atoms with van der Waals surface area (Å²) in [6.07, 6.45) is 1.55. The highest BCUT2D eigenvalue weighted by atomic mass is 31.2. The van der Waals surface area contributed by atoms with Gasteiger partial charge in [0.05, 0.1) is 6.07 Å². The molecule has 0 rings (SSSR count). The number of nitriles is 1. The van der Waals surface area contributed by atoms with Crippen molar-refractivity contribution in [1.82, 2.24) is 5.32 Å². The molecule has 0 amide bonds. The fourth-order valence-corrected chi connectivity index (χ4v) is 1.22. The minimum absolute atomic E-state index is 0.101. The lowest BCUT2D eigenvalue weighted by Gasteiger charge is -2.27. The van der Waals surface area contributed by atoms with Crippen molar-refractivity contribution >= 4 is 7.82 Å². The van der Waals surface area contributed by atoms with Gasteiger partial charge < -0.3 is 15.1 Å². The van der Waals surface area contributed by atoms with Crippen molar-refractivity contribution < 1.29 is 18.9 Å². The Morgan fingerprint density at radius 3 is 2.12 bits per heavy atom. The van der Waals surface area contributed by atoms with E-state index in [4.69, 9.17) is 15.0 Å². The average Bonchev–Trinajstić information content (AvgIpc) is 2.13.